The minimum absolute atomic E-state index is 0.317. The molecule has 0 aromatic heterocycles. The first kappa shape index (κ1) is 13.9. The summed E-state index contributed by atoms with van der Waals surface area (Å²) in [6.45, 7) is 2.91. The number of thioether (sulfide) groups is 2. The fourth-order valence-corrected chi connectivity index (χ4v) is 9.16. The summed E-state index contributed by atoms with van der Waals surface area (Å²) in [5, 5.41) is 0. The lowest BCUT2D eigenvalue weighted by Crippen LogP contribution is -2.50. The highest BCUT2D eigenvalue weighted by Crippen LogP contribution is 2.64. The van der Waals surface area contributed by atoms with E-state index in [0.29, 0.717) is 16.3 Å². The van der Waals surface area contributed by atoms with E-state index in [-0.39, 0.29) is 0 Å². The van der Waals surface area contributed by atoms with E-state index in [1.807, 2.05) is 0 Å². The van der Waals surface area contributed by atoms with Gasteiger partial charge in [-0.05, 0) is 60.3 Å². The smallest absolute Gasteiger partial charge is 0.231 e. The maximum absolute atomic E-state index is 5.67. The van der Waals surface area contributed by atoms with E-state index in [4.69, 9.17) is 9.47 Å². The van der Waals surface area contributed by atoms with E-state index in [2.05, 4.69) is 42.6 Å². The fourth-order valence-electron chi connectivity index (χ4n) is 5.24. The van der Waals surface area contributed by atoms with Crippen LogP contribution in [-0.4, -0.2) is 22.4 Å². The van der Waals surface area contributed by atoms with Gasteiger partial charge in [-0.15, -0.1) is 23.5 Å². The third kappa shape index (κ3) is 1.77. The van der Waals surface area contributed by atoms with Crippen molar-refractivity contribution in [1.29, 1.82) is 0 Å². The molecular formula is C18H22O2S2. The molecule has 5 rings (SSSR count). The van der Waals surface area contributed by atoms with Crippen molar-refractivity contribution in [2.24, 2.45) is 5.92 Å². The highest BCUT2D eigenvalue weighted by atomic mass is 32.2. The van der Waals surface area contributed by atoms with E-state index in [1.54, 1.807) is 5.56 Å². The molecule has 0 amide bonds. The Hall–Kier alpha value is -0.480. The Labute approximate surface area is 140 Å². The maximum Gasteiger partial charge on any atom is 0.231 e. The van der Waals surface area contributed by atoms with Gasteiger partial charge >= 0.3 is 0 Å². The quantitative estimate of drug-likeness (QED) is 0.690. The van der Waals surface area contributed by atoms with E-state index in [1.165, 1.54) is 49.2 Å². The summed E-state index contributed by atoms with van der Waals surface area (Å²) in [5.41, 5.74) is 3.38. The van der Waals surface area contributed by atoms with Gasteiger partial charge in [0, 0.05) is 11.5 Å². The standard InChI is InChI=1S/C18H22O2S2/c1-17-5-2-6-18(21-7-8-22-18)16(17)4-3-12-9-14-15(10-13(12)17)20-11-19-14/h9-10,16H,2-8,11H2,1H3/t16-,17-/m1/s1. The Kier molecular flexibility index (Phi) is 3.01. The summed E-state index contributed by atoms with van der Waals surface area (Å²) < 4.78 is 11.8. The van der Waals surface area contributed by atoms with Crippen molar-refractivity contribution in [3.05, 3.63) is 23.3 Å². The molecule has 2 aliphatic carbocycles. The molecule has 2 fully saturated rings. The average molecular weight is 335 g/mol. The number of fused-ring (bicyclic) bond motifs is 5. The molecule has 1 aromatic rings. The molecule has 0 radical (unpaired) electrons. The molecule has 2 nitrogen and oxygen atoms in total. The largest absolute Gasteiger partial charge is 0.454 e. The molecule has 1 aromatic carbocycles. The Morgan fingerprint density at radius 3 is 2.68 bits per heavy atom. The van der Waals surface area contributed by atoms with E-state index in [9.17, 15) is 0 Å². The number of benzene rings is 1. The summed E-state index contributed by atoms with van der Waals surface area (Å²) in [6.07, 6.45) is 6.63. The molecule has 1 saturated carbocycles. The van der Waals surface area contributed by atoms with Crippen molar-refractivity contribution >= 4 is 23.5 Å². The SMILES string of the molecule is C[C@]12CCCC3(SCCS3)[C@@H]1CCc1cc3c(cc12)OCO3. The third-order valence-corrected chi connectivity index (χ3v) is 9.95. The van der Waals surface area contributed by atoms with Crippen LogP contribution in [0.25, 0.3) is 0 Å². The highest BCUT2D eigenvalue weighted by molar-refractivity contribution is 8.21. The fraction of sp³-hybridized carbons (Fsp3) is 0.667. The van der Waals surface area contributed by atoms with Crippen LogP contribution in [0.2, 0.25) is 0 Å². The summed E-state index contributed by atoms with van der Waals surface area (Å²) >= 11 is 4.51. The average Bonchev–Trinajstić information content (AvgIpc) is 3.15. The van der Waals surface area contributed by atoms with Gasteiger partial charge in [0.1, 0.15) is 0 Å². The van der Waals surface area contributed by atoms with Crippen LogP contribution in [0.1, 0.15) is 43.7 Å². The molecule has 0 N–H and O–H groups in total. The number of aryl methyl sites for hydroxylation is 1. The van der Waals surface area contributed by atoms with Crippen LogP contribution in [0.15, 0.2) is 12.1 Å². The normalized spacial score (nSPS) is 34.5. The second kappa shape index (κ2) is 4.76. The first-order chi connectivity index (χ1) is 10.7. The van der Waals surface area contributed by atoms with Gasteiger partial charge in [-0.1, -0.05) is 13.3 Å². The molecule has 4 heteroatoms. The zero-order valence-electron chi connectivity index (χ0n) is 13.0. The lowest BCUT2D eigenvalue weighted by atomic mass is 9.58. The van der Waals surface area contributed by atoms with E-state index in [0.717, 1.165) is 17.4 Å². The van der Waals surface area contributed by atoms with Gasteiger partial charge in [-0.25, -0.2) is 0 Å². The Balaban J connectivity index is 1.63. The van der Waals surface area contributed by atoms with Crippen molar-refractivity contribution < 1.29 is 9.47 Å². The molecule has 4 aliphatic rings. The lowest BCUT2D eigenvalue weighted by Gasteiger charge is -2.54. The number of ether oxygens (including phenoxy) is 2. The zero-order chi connectivity index (χ0) is 14.8. The first-order valence-electron chi connectivity index (χ1n) is 8.42. The van der Waals surface area contributed by atoms with E-state index >= 15 is 0 Å². The minimum atomic E-state index is 0.317. The molecular weight excluding hydrogens is 312 g/mol. The summed E-state index contributed by atoms with van der Waals surface area (Å²) in [7, 11) is 0. The predicted molar refractivity (Wildman–Crippen MR) is 93.2 cm³/mol. The second-order valence-electron chi connectivity index (χ2n) is 7.23. The predicted octanol–water partition coefficient (Wildman–Crippen LogP) is 4.60. The van der Waals surface area contributed by atoms with Gasteiger partial charge in [0.15, 0.2) is 11.5 Å². The molecule has 2 aliphatic heterocycles. The van der Waals surface area contributed by atoms with Gasteiger partial charge in [-0.3, -0.25) is 0 Å². The van der Waals surface area contributed by atoms with Crippen molar-refractivity contribution in [2.75, 3.05) is 18.3 Å². The second-order valence-corrected chi connectivity index (χ2v) is 10.3. The molecule has 118 valence electrons. The van der Waals surface area contributed by atoms with Crippen molar-refractivity contribution in [3.8, 4) is 11.5 Å². The minimum Gasteiger partial charge on any atom is -0.454 e. The van der Waals surface area contributed by atoms with Crippen molar-refractivity contribution in [3.63, 3.8) is 0 Å². The molecule has 2 atom stereocenters. The van der Waals surface area contributed by atoms with E-state index < -0.39 is 0 Å². The number of hydrogen-bond donors (Lipinski definition) is 0. The van der Waals surface area contributed by atoms with Crippen LogP contribution < -0.4 is 9.47 Å². The summed E-state index contributed by atoms with van der Waals surface area (Å²) in [4.78, 5) is 0. The molecule has 0 bridgehead atoms. The first-order valence-corrected chi connectivity index (χ1v) is 10.4. The Bertz CT molecular complexity index is 624. The van der Waals surface area contributed by atoms with Crippen LogP contribution in [0.4, 0.5) is 0 Å². The van der Waals surface area contributed by atoms with Crippen LogP contribution in [0.3, 0.4) is 0 Å². The summed E-state index contributed by atoms with van der Waals surface area (Å²) in [6, 6.07) is 4.57. The van der Waals surface area contributed by atoms with Gasteiger partial charge in [0.05, 0.1) is 4.08 Å². The Morgan fingerprint density at radius 2 is 1.86 bits per heavy atom. The monoisotopic (exact) mass is 334 g/mol. The third-order valence-electron chi connectivity index (χ3n) is 6.21. The molecule has 1 saturated heterocycles. The van der Waals surface area contributed by atoms with Crippen LogP contribution in [0, 0.1) is 5.92 Å². The molecule has 22 heavy (non-hydrogen) atoms. The van der Waals surface area contributed by atoms with Gasteiger partial charge in [0.2, 0.25) is 6.79 Å². The Morgan fingerprint density at radius 1 is 1.09 bits per heavy atom. The van der Waals surface area contributed by atoms with Crippen molar-refractivity contribution in [1.82, 2.24) is 0 Å². The molecule has 1 spiro atoms. The maximum atomic E-state index is 5.67. The topological polar surface area (TPSA) is 18.5 Å². The zero-order valence-corrected chi connectivity index (χ0v) is 14.7. The van der Waals surface area contributed by atoms with Gasteiger partial charge in [-0.2, -0.15) is 0 Å². The van der Waals surface area contributed by atoms with Crippen LogP contribution in [-0.2, 0) is 11.8 Å². The van der Waals surface area contributed by atoms with Crippen LogP contribution in [0.5, 0.6) is 11.5 Å². The molecule has 2 heterocycles. The summed E-state index contributed by atoms with van der Waals surface area (Å²) in [5.74, 6) is 5.40. The van der Waals surface area contributed by atoms with Gasteiger partial charge in [0.25, 0.3) is 0 Å². The van der Waals surface area contributed by atoms with Crippen molar-refractivity contribution in [2.45, 2.75) is 48.5 Å². The van der Waals surface area contributed by atoms with Crippen LogP contribution >= 0.6 is 23.5 Å². The number of hydrogen-bond acceptors (Lipinski definition) is 4. The number of rotatable bonds is 0. The van der Waals surface area contributed by atoms with Gasteiger partial charge < -0.3 is 9.47 Å². The lowest BCUT2D eigenvalue weighted by molar-refractivity contribution is 0.170. The highest BCUT2D eigenvalue weighted by Gasteiger charge is 2.56. The molecule has 0 unspecified atom stereocenters.